The number of carbonyl (C=O) groups excluding carboxylic acids is 2. The predicted molar refractivity (Wildman–Crippen MR) is 174 cm³/mol. The number of fused-ring (bicyclic) bond motifs is 2. The number of allylic oxidation sites excluding steroid dienone is 5. The highest BCUT2D eigenvalue weighted by molar-refractivity contribution is 6.19. The predicted octanol–water partition coefficient (Wildman–Crippen LogP) is 7.24. The average molecular weight is 629 g/mol. The number of hydrogen-bond donors (Lipinski definition) is 2. The van der Waals surface area contributed by atoms with E-state index in [1.54, 1.807) is 6.08 Å². The molecule has 0 amide bonds. The summed E-state index contributed by atoms with van der Waals surface area (Å²) < 4.78 is 20.6. The maximum Gasteiger partial charge on any atom is 0.330 e. The van der Waals surface area contributed by atoms with E-state index in [1.165, 1.54) is 18.6 Å². The van der Waals surface area contributed by atoms with E-state index in [9.17, 15) is 24.6 Å². The monoisotopic (exact) mass is 628 g/mol. The molecule has 244 valence electrons. The van der Waals surface area contributed by atoms with Crippen LogP contribution in [0.15, 0.2) is 52.7 Å². The van der Waals surface area contributed by atoms with Crippen LogP contribution in [0.1, 0.15) is 103 Å². The Kier molecular flexibility index (Phi) is 7.36. The molecule has 1 spiro atoms. The van der Waals surface area contributed by atoms with Crippen molar-refractivity contribution in [3.05, 3.63) is 69.4 Å². The molecule has 8 heteroatoms. The zero-order chi connectivity index (χ0) is 33.6. The van der Waals surface area contributed by atoms with Gasteiger partial charge in [0.15, 0.2) is 22.8 Å². The summed E-state index contributed by atoms with van der Waals surface area (Å²) in [7, 11) is 0. The number of Topliss-reactive ketones (excluding diaryl/α,β-unsaturated/α-hetero) is 2. The number of rotatable bonds is 8. The van der Waals surface area contributed by atoms with Crippen LogP contribution in [0, 0.1) is 11.8 Å². The first-order valence-corrected chi connectivity index (χ1v) is 16.2. The smallest absolute Gasteiger partial charge is 0.330 e. The van der Waals surface area contributed by atoms with Crippen molar-refractivity contribution < 1.29 is 38.8 Å². The number of aromatic hydroxyl groups is 1. The lowest BCUT2D eigenvalue weighted by atomic mass is 9.51. The Bertz CT molecular complexity index is 1730. The molecule has 1 aromatic carbocycles. The van der Waals surface area contributed by atoms with Gasteiger partial charge in [-0.25, -0.2) is 4.79 Å². The quantitative estimate of drug-likeness (QED) is 0.228. The third kappa shape index (κ3) is 4.47. The van der Waals surface area contributed by atoms with Gasteiger partial charge in [-0.05, 0) is 93.2 Å². The lowest BCUT2D eigenvalue weighted by molar-refractivity contribution is -0.171. The molecular formula is C38H44O8. The molecule has 0 radical (unpaired) electrons. The van der Waals surface area contributed by atoms with Gasteiger partial charge in [0.2, 0.25) is 0 Å². The molecule has 2 fully saturated rings. The number of phenolic OH excluding ortho intramolecular Hbond substituents is 1. The van der Waals surface area contributed by atoms with Crippen molar-refractivity contribution in [2.75, 3.05) is 0 Å². The van der Waals surface area contributed by atoms with E-state index in [0.29, 0.717) is 41.7 Å². The first-order valence-electron chi connectivity index (χ1n) is 16.2. The van der Waals surface area contributed by atoms with Crippen LogP contribution in [0.4, 0.5) is 0 Å². The maximum absolute atomic E-state index is 14.7. The summed E-state index contributed by atoms with van der Waals surface area (Å²) in [5, 5.41) is 21.4. The van der Waals surface area contributed by atoms with Gasteiger partial charge in [0.25, 0.3) is 0 Å². The lowest BCUT2D eigenvalue weighted by Gasteiger charge is -2.56. The summed E-state index contributed by atoms with van der Waals surface area (Å²) in [5.74, 6) is -2.28. The Balaban J connectivity index is 1.59. The molecular weight excluding hydrogens is 584 g/mol. The Hall–Kier alpha value is -3.91. The SMILES string of the molecule is CC(C)=CCC[C@@]1(C)C=Cc2c(O)c3c(c(CC=C(C)C)c2O1)O[C@]12C(=C[C@@H]4C[C@H]1C(C)(C)O[C@@]2(CC=C(C)C(=O)O)C4=O)C3=O. The number of phenols is 1. The highest BCUT2D eigenvalue weighted by Gasteiger charge is 2.81. The van der Waals surface area contributed by atoms with Gasteiger partial charge in [-0.3, -0.25) is 9.59 Å². The molecule has 1 aromatic rings. The highest BCUT2D eigenvalue weighted by Crippen LogP contribution is 2.68. The molecule has 4 bridgehead atoms. The highest BCUT2D eigenvalue weighted by atomic mass is 16.6. The molecule has 46 heavy (non-hydrogen) atoms. The maximum atomic E-state index is 14.7. The number of hydrogen-bond acceptors (Lipinski definition) is 7. The summed E-state index contributed by atoms with van der Waals surface area (Å²) in [5.41, 5.74) is -0.952. The van der Waals surface area contributed by atoms with Crippen LogP contribution in [-0.2, 0) is 20.7 Å². The molecule has 8 nitrogen and oxygen atoms in total. The third-order valence-electron chi connectivity index (χ3n) is 10.5. The minimum atomic E-state index is -1.63. The second kappa shape index (κ2) is 10.6. The number of ether oxygens (including phenoxy) is 3. The van der Waals surface area contributed by atoms with E-state index >= 15 is 0 Å². The fraction of sp³-hybridized carbons (Fsp3) is 0.500. The van der Waals surface area contributed by atoms with Gasteiger partial charge < -0.3 is 24.4 Å². The molecule has 5 atom stereocenters. The van der Waals surface area contributed by atoms with Gasteiger partial charge in [0, 0.05) is 35.0 Å². The fourth-order valence-electron chi connectivity index (χ4n) is 8.17. The van der Waals surface area contributed by atoms with Gasteiger partial charge in [-0.2, -0.15) is 0 Å². The van der Waals surface area contributed by atoms with E-state index in [4.69, 9.17) is 14.2 Å². The second-order valence-corrected chi connectivity index (χ2v) is 14.8. The second-order valence-electron chi connectivity index (χ2n) is 14.8. The Morgan fingerprint density at radius 1 is 1.00 bits per heavy atom. The van der Waals surface area contributed by atoms with Crippen molar-refractivity contribution in [2.45, 2.75) is 110 Å². The zero-order valence-corrected chi connectivity index (χ0v) is 28.0. The van der Waals surface area contributed by atoms with Crippen LogP contribution in [0.3, 0.4) is 0 Å². The van der Waals surface area contributed by atoms with Crippen LogP contribution >= 0.6 is 0 Å². The number of carboxylic acid groups (broad SMARTS) is 1. The van der Waals surface area contributed by atoms with Gasteiger partial charge in [0.1, 0.15) is 28.4 Å². The third-order valence-corrected chi connectivity index (χ3v) is 10.5. The first-order chi connectivity index (χ1) is 21.5. The lowest BCUT2D eigenvalue weighted by Crippen LogP contribution is -2.72. The fourth-order valence-corrected chi connectivity index (χ4v) is 8.17. The molecule has 3 aliphatic carbocycles. The Labute approximate surface area is 270 Å². The van der Waals surface area contributed by atoms with Crippen molar-refractivity contribution in [1.29, 1.82) is 0 Å². The van der Waals surface area contributed by atoms with Gasteiger partial charge >= 0.3 is 5.97 Å². The molecule has 1 saturated heterocycles. The van der Waals surface area contributed by atoms with Crippen molar-refractivity contribution in [3.63, 3.8) is 0 Å². The van der Waals surface area contributed by atoms with Crippen molar-refractivity contribution in [1.82, 2.24) is 0 Å². The summed E-state index contributed by atoms with van der Waals surface area (Å²) in [6.07, 6.45) is 13.4. The minimum Gasteiger partial charge on any atom is -0.506 e. The standard InChI is InChI=1S/C38H44O8/c1-20(2)10-9-15-36(8)16-14-24-29(39)28-30(40)26-18-23-19-27-35(6,7)46-37(33(23)41,17-13-22(5)34(42)43)38(26,27)45-32(28)25(31(24)44-36)12-11-21(3)4/h10-11,13-14,16,18,23,27,39H,9,12,15,17,19H2,1-8H3,(H,42,43)/t23-,27+,36+,37+,38-/m1/s1. The number of carbonyl (C=O) groups is 3. The molecule has 3 heterocycles. The number of carboxylic acids is 1. The van der Waals surface area contributed by atoms with Crippen molar-refractivity contribution >= 4 is 23.6 Å². The average Bonchev–Trinajstić information content (AvgIpc) is 3.12. The first kappa shape index (κ1) is 32.0. The molecule has 2 N–H and O–H groups in total. The van der Waals surface area contributed by atoms with Crippen LogP contribution < -0.4 is 9.47 Å². The van der Waals surface area contributed by atoms with E-state index in [0.717, 1.165) is 12.0 Å². The summed E-state index contributed by atoms with van der Waals surface area (Å²) in [4.78, 5) is 40.8. The molecule has 7 rings (SSSR count). The van der Waals surface area contributed by atoms with Gasteiger partial charge in [0.05, 0.1) is 11.2 Å². The topological polar surface area (TPSA) is 119 Å². The summed E-state index contributed by atoms with van der Waals surface area (Å²) >= 11 is 0. The molecule has 1 saturated carbocycles. The van der Waals surface area contributed by atoms with Gasteiger partial charge in [-0.1, -0.05) is 35.5 Å². The van der Waals surface area contributed by atoms with E-state index in [-0.39, 0.29) is 40.8 Å². The van der Waals surface area contributed by atoms with Crippen LogP contribution in [0.25, 0.3) is 6.08 Å². The van der Waals surface area contributed by atoms with Crippen LogP contribution in [-0.4, -0.2) is 50.2 Å². The molecule has 0 aromatic heterocycles. The number of aliphatic carboxylic acids is 1. The Morgan fingerprint density at radius 3 is 2.35 bits per heavy atom. The van der Waals surface area contributed by atoms with Crippen LogP contribution in [0.2, 0.25) is 0 Å². The Morgan fingerprint density at radius 2 is 1.70 bits per heavy atom. The van der Waals surface area contributed by atoms with Gasteiger partial charge in [-0.15, -0.1) is 0 Å². The normalized spacial score (nSPS) is 31.2. The van der Waals surface area contributed by atoms with Crippen LogP contribution in [0.5, 0.6) is 17.2 Å². The van der Waals surface area contributed by atoms with E-state index < -0.39 is 40.1 Å². The number of ketones is 2. The molecule has 6 aliphatic rings. The van der Waals surface area contributed by atoms with Crippen molar-refractivity contribution in [3.8, 4) is 17.2 Å². The summed E-state index contributed by atoms with van der Waals surface area (Å²) in [6.45, 7) is 15.4. The van der Waals surface area contributed by atoms with E-state index in [1.807, 2.05) is 52.8 Å². The minimum absolute atomic E-state index is 0.0544. The van der Waals surface area contributed by atoms with Crippen molar-refractivity contribution in [2.24, 2.45) is 11.8 Å². The molecule has 0 unspecified atom stereocenters. The molecule has 3 aliphatic heterocycles. The van der Waals surface area contributed by atoms with E-state index in [2.05, 4.69) is 19.9 Å². The zero-order valence-electron chi connectivity index (χ0n) is 28.0. The largest absolute Gasteiger partial charge is 0.506 e. The number of benzene rings is 1. The summed E-state index contributed by atoms with van der Waals surface area (Å²) in [6, 6.07) is 0.